The van der Waals surface area contributed by atoms with Gasteiger partial charge in [-0.25, -0.2) is 4.99 Å². The predicted molar refractivity (Wildman–Crippen MR) is 98.1 cm³/mol. The average Bonchev–Trinajstić information content (AvgIpc) is 2.76. The van der Waals surface area contributed by atoms with Crippen molar-refractivity contribution in [3.05, 3.63) is 11.6 Å². The molecule has 1 aromatic rings. The highest BCUT2D eigenvalue weighted by atomic mass is 127. The molecule has 0 aliphatic heterocycles. The van der Waals surface area contributed by atoms with Crippen molar-refractivity contribution >= 4 is 29.9 Å². The van der Waals surface area contributed by atoms with Gasteiger partial charge in [0.2, 0.25) is 0 Å². The number of unbranched alkanes of at least 4 members (excludes halogenated alkanes) is 3. The molecule has 0 bridgehead atoms. The third-order valence-electron chi connectivity index (χ3n) is 3.23. The molecule has 6 nitrogen and oxygen atoms in total. The van der Waals surface area contributed by atoms with Gasteiger partial charge in [-0.2, -0.15) is 0 Å². The molecule has 1 heterocycles. The molecule has 0 saturated heterocycles. The van der Waals surface area contributed by atoms with Crippen LogP contribution >= 0.6 is 24.0 Å². The maximum atomic E-state index is 4.55. The molecule has 0 unspecified atom stereocenters. The van der Waals surface area contributed by atoms with Crippen LogP contribution in [0.3, 0.4) is 0 Å². The lowest BCUT2D eigenvalue weighted by atomic mass is 10.2. The summed E-state index contributed by atoms with van der Waals surface area (Å²) < 4.78 is 1.97. The second-order valence-corrected chi connectivity index (χ2v) is 4.91. The topological polar surface area (TPSA) is 67.1 Å². The fourth-order valence-corrected chi connectivity index (χ4v) is 1.84. The third kappa shape index (κ3) is 7.63. The van der Waals surface area contributed by atoms with E-state index in [4.69, 9.17) is 0 Å². The van der Waals surface area contributed by atoms with Crippen LogP contribution in [0.15, 0.2) is 4.99 Å². The Morgan fingerprint density at radius 3 is 2.48 bits per heavy atom. The van der Waals surface area contributed by atoms with Crippen LogP contribution in [0.1, 0.15) is 51.2 Å². The Morgan fingerprint density at radius 2 is 1.90 bits per heavy atom. The first-order valence-electron chi connectivity index (χ1n) is 7.56. The van der Waals surface area contributed by atoms with Crippen LogP contribution in [-0.4, -0.2) is 33.8 Å². The molecule has 0 saturated carbocycles. The third-order valence-corrected chi connectivity index (χ3v) is 3.23. The Kier molecular flexibility index (Phi) is 11.3. The van der Waals surface area contributed by atoms with E-state index < -0.39 is 0 Å². The molecule has 0 fully saturated rings. The van der Waals surface area contributed by atoms with Crippen molar-refractivity contribution in [1.29, 1.82) is 0 Å². The number of aliphatic imine (C=N–C) groups is 1. The summed E-state index contributed by atoms with van der Waals surface area (Å²) in [7, 11) is 1.96. The lowest BCUT2D eigenvalue weighted by molar-refractivity contribution is 0.646. The number of guanidine groups is 1. The molecule has 0 aliphatic carbocycles. The van der Waals surface area contributed by atoms with E-state index in [2.05, 4.69) is 39.7 Å². The highest BCUT2D eigenvalue weighted by molar-refractivity contribution is 14.0. The van der Waals surface area contributed by atoms with E-state index in [0.717, 1.165) is 30.7 Å². The largest absolute Gasteiger partial charge is 0.357 e. The van der Waals surface area contributed by atoms with Gasteiger partial charge in [0.15, 0.2) is 11.8 Å². The van der Waals surface area contributed by atoms with Gasteiger partial charge in [0.1, 0.15) is 12.4 Å². The normalized spacial score (nSPS) is 11.1. The van der Waals surface area contributed by atoms with Gasteiger partial charge in [-0.05, 0) is 20.3 Å². The molecule has 1 aromatic heterocycles. The number of nitrogens with zero attached hydrogens (tertiary/aromatic N) is 4. The van der Waals surface area contributed by atoms with Gasteiger partial charge in [0, 0.05) is 20.1 Å². The molecule has 122 valence electrons. The molecule has 0 atom stereocenters. The summed E-state index contributed by atoms with van der Waals surface area (Å²) >= 11 is 0. The summed E-state index contributed by atoms with van der Waals surface area (Å²) in [5, 5.41) is 14.8. The van der Waals surface area contributed by atoms with E-state index in [1.807, 2.05) is 18.5 Å². The monoisotopic (exact) mass is 408 g/mol. The molecular formula is C14H29IN6. The van der Waals surface area contributed by atoms with E-state index >= 15 is 0 Å². The number of nitrogens with one attached hydrogen (secondary N) is 2. The van der Waals surface area contributed by atoms with Crippen LogP contribution in [0, 0.1) is 6.92 Å². The smallest absolute Gasteiger partial charge is 0.191 e. The van der Waals surface area contributed by atoms with Crippen LogP contribution in [0.4, 0.5) is 0 Å². The standard InChI is InChI=1S/C14H28N6.HI/c1-5-7-8-9-10-16-14(15-6-2)17-11-13-19-18-12(3)20(13)4;/h5-11H2,1-4H3,(H2,15,16,17);1H. The fourth-order valence-electron chi connectivity index (χ4n) is 1.84. The SMILES string of the molecule is CCCCCCNC(=NCc1nnc(C)n1C)NCC.I. The Bertz CT molecular complexity index is 416. The van der Waals surface area contributed by atoms with Gasteiger partial charge < -0.3 is 15.2 Å². The number of aryl methyl sites for hydroxylation is 1. The van der Waals surface area contributed by atoms with Gasteiger partial charge in [0.05, 0.1) is 0 Å². The first-order chi connectivity index (χ1) is 9.69. The number of halogens is 1. The maximum Gasteiger partial charge on any atom is 0.191 e. The minimum absolute atomic E-state index is 0. The summed E-state index contributed by atoms with van der Waals surface area (Å²) in [5.41, 5.74) is 0. The molecule has 1 rings (SSSR count). The predicted octanol–water partition coefficient (Wildman–Crippen LogP) is 2.38. The maximum absolute atomic E-state index is 4.55. The first-order valence-corrected chi connectivity index (χ1v) is 7.56. The van der Waals surface area contributed by atoms with Crippen molar-refractivity contribution in [2.24, 2.45) is 12.0 Å². The van der Waals surface area contributed by atoms with E-state index in [1.54, 1.807) is 0 Å². The van der Waals surface area contributed by atoms with Gasteiger partial charge >= 0.3 is 0 Å². The molecule has 0 aromatic carbocycles. The Morgan fingerprint density at radius 1 is 1.14 bits per heavy atom. The Hall–Kier alpha value is -0.860. The molecule has 7 heteroatoms. The Balaban J connectivity index is 0.00000400. The minimum Gasteiger partial charge on any atom is -0.357 e. The molecule has 0 spiro atoms. The van der Waals surface area contributed by atoms with Crippen LogP contribution in [-0.2, 0) is 13.6 Å². The highest BCUT2D eigenvalue weighted by Gasteiger charge is 2.04. The quantitative estimate of drug-likeness (QED) is 0.300. The molecule has 21 heavy (non-hydrogen) atoms. The molecule has 0 aliphatic rings. The number of hydrogen-bond acceptors (Lipinski definition) is 3. The number of aromatic nitrogens is 3. The second-order valence-electron chi connectivity index (χ2n) is 4.91. The number of hydrogen-bond donors (Lipinski definition) is 2. The lowest BCUT2D eigenvalue weighted by Crippen LogP contribution is -2.37. The van der Waals surface area contributed by atoms with Crippen molar-refractivity contribution in [2.45, 2.75) is 53.0 Å². The zero-order valence-electron chi connectivity index (χ0n) is 13.6. The molecule has 0 radical (unpaired) electrons. The van der Waals surface area contributed by atoms with Gasteiger partial charge in [0.25, 0.3) is 0 Å². The summed E-state index contributed by atoms with van der Waals surface area (Å²) in [6.45, 7) is 8.60. The zero-order valence-corrected chi connectivity index (χ0v) is 16.0. The summed E-state index contributed by atoms with van der Waals surface area (Å²) in [6, 6.07) is 0. The average molecular weight is 408 g/mol. The van der Waals surface area contributed by atoms with Crippen LogP contribution in [0.25, 0.3) is 0 Å². The minimum atomic E-state index is 0. The summed E-state index contributed by atoms with van der Waals surface area (Å²) in [4.78, 5) is 4.55. The summed E-state index contributed by atoms with van der Waals surface area (Å²) in [5.74, 6) is 2.64. The van der Waals surface area contributed by atoms with Gasteiger partial charge in [-0.15, -0.1) is 34.2 Å². The second kappa shape index (κ2) is 11.8. The van der Waals surface area contributed by atoms with E-state index in [1.165, 1.54) is 25.7 Å². The molecular weight excluding hydrogens is 379 g/mol. The fraction of sp³-hybridized carbons (Fsp3) is 0.786. The van der Waals surface area contributed by atoms with Crippen molar-refractivity contribution in [1.82, 2.24) is 25.4 Å². The molecule has 2 N–H and O–H groups in total. The summed E-state index contributed by atoms with van der Waals surface area (Å²) in [6.07, 6.45) is 5.01. The van der Waals surface area contributed by atoms with Crippen molar-refractivity contribution in [2.75, 3.05) is 13.1 Å². The van der Waals surface area contributed by atoms with Crippen LogP contribution in [0.2, 0.25) is 0 Å². The number of rotatable bonds is 8. The van der Waals surface area contributed by atoms with Gasteiger partial charge in [-0.3, -0.25) is 0 Å². The lowest BCUT2D eigenvalue weighted by Gasteiger charge is -2.11. The highest BCUT2D eigenvalue weighted by Crippen LogP contribution is 1.99. The van der Waals surface area contributed by atoms with Gasteiger partial charge in [-0.1, -0.05) is 26.2 Å². The van der Waals surface area contributed by atoms with Crippen LogP contribution < -0.4 is 10.6 Å². The first kappa shape index (κ1) is 20.1. The van der Waals surface area contributed by atoms with Crippen molar-refractivity contribution < 1.29 is 0 Å². The molecule has 0 amide bonds. The Labute approximate surface area is 145 Å². The van der Waals surface area contributed by atoms with E-state index in [-0.39, 0.29) is 24.0 Å². The van der Waals surface area contributed by atoms with E-state index in [9.17, 15) is 0 Å². The van der Waals surface area contributed by atoms with Crippen LogP contribution in [0.5, 0.6) is 0 Å². The van der Waals surface area contributed by atoms with Crippen molar-refractivity contribution in [3.63, 3.8) is 0 Å². The van der Waals surface area contributed by atoms with E-state index in [0.29, 0.717) is 6.54 Å². The zero-order chi connectivity index (χ0) is 14.8. The van der Waals surface area contributed by atoms with Crippen molar-refractivity contribution in [3.8, 4) is 0 Å².